The van der Waals surface area contributed by atoms with E-state index in [2.05, 4.69) is 15.3 Å². The summed E-state index contributed by atoms with van der Waals surface area (Å²) in [5.41, 5.74) is 3.12. The molecule has 2 amide bonds. The van der Waals surface area contributed by atoms with E-state index >= 15 is 0 Å². The summed E-state index contributed by atoms with van der Waals surface area (Å²) in [4.78, 5) is 34.1. The van der Waals surface area contributed by atoms with Crippen molar-refractivity contribution in [1.82, 2.24) is 14.9 Å². The predicted molar refractivity (Wildman–Crippen MR) is 113 cm³/mol. The van der Waals surface area contributed by atoms with E-state index in [9.17, 15) is 22.8 Å². The molecule has 0 radical (unpaired) electrons. The molecule has 1 aromatic carbocycles. The van der Waals surface area contributed by atoms with Gasteiger partial charge in [-0.05, 0) is 35.9 Å². The zero-order chi connectivity index (χ0) is 22.8. The van der Waals surface area contributed by atoms with Gasteiger partial charge in [0, 0.05) is 49.6 Å². The first-order chi connectivity index (χ1) is 15.3. The fraction of sp³-hybridized carbons (Fsp3) is 0.261. The number of hydrogen-bond acceptors (Lipinski definition) is 3. The molecule has 6 nitrogen and oxygen atoms in total. The zero-order valence-electron chi connectivity index (χ0n) is 17.2. The van der Waals surface area contributed by atoms with Crippen LogP contribution in [-0.4, -0.2) is 46.7 Å². The molecule has 2 aromatic heterocycles. The number of benzene rings is 1. The molecule has 3 aromatic rings. The van der Waals surface area contributed by atoms with Crippen molar-refractivity contribution in [1.29, 1.82) is 0 Å². The number of nitrogens with zero attached hydrogens (tertiary/aromatic N) is 2. The highest BCUT2D eigenvalue weighted by atomic mass is 19.3. The standard InChI is InChI=1S/C23H21F3N4O2/c1-30-9-7-18-17(23(30)32)11-19(28-18)14-6-8-27-21(10-14)29-22(31)16(12-20(25)26)13-2-4-15(24)5-3-13/h2-6,8,10-11,16,20,28H,7,9,12H2,1H3,(H,27,29,31). The second-order valence-corrected chi connectivity index (χ2v) is 7.70. The molecule has 0 aliphatic carbocycles. The largest absolute Gasteiger partial charge is 0.358 e. The SMILES string of the molecule is CN1CCc2[nH]c(-c3ccnc(NC(=O)C(CC(F)F)c4ccc(F)cc4)c3)cc2C1=O. The monoisotopic (exact) mass is 442 g/mol. The van der Waals surface area contributed by atoms with E-state index in [1.807, 2.05) is 0 Å². The number of carbonyl (C=O) groups is 2. The van der Waals surface area contributed by atoms with Crippen LogP contribution >= 0.6 is 0 Å². The first kappa shape index (κ1) is 21.6. The Morgan fingerprint density at radius 3 is 2.69 bits per heavy atom. The average Bonchev–Trinajstić information content (AvgIpc) is 3.21. The molecule has 166 valence electrons. The molecule has 0 saturated carbocycles. The van der Waals surface area contributed by atoms with Crippen LogP contribution in [0.2, 0.25) is 0 Å². The van der Waals surface area contributed by atoms with Crippen molar-refractivity contribution < 1.29 is 22.8 Å². The number of alkyl halides is 2. The Morgan fingerprint density at radius 1 is 1.22 bits per heavy atom. The zero-order valence-corrected chi connectivity index (χ0v) is 17.2. The number of rotatable bonds is 6. The van der Waals surface area contributed by atoms with Gasteiger partial charge in [0.05, 0.1) is 11.5 Å². The Bertz CT molecular complexity index is 1140. The number of hydrogen-bond donors (Lipinski definition) is 2. The quantitative estimate of drug-likeness (QED) is 0.600. The van der Waals surface area contributed by atoms with Crippen molar-refractivity contribution in [2.24, 2.45) is 0 Å². The van der Waals surface area contributed by atoms with Gasteiger partial charge in [-0.15, -0.1) is 0 Å². The second-order valence-electron chi connectivity index (χ2n) is 7.70. The number of amides is 2. The molecule has 1 atom stereocenters. The minimum atomic E-state index is -2.71. The summed E-state index contributed by atoms with van der Waals surface area (Å²) in [7, 11) is 1.74. The summed E-state index contributed by atoms with van der Waals surface area (Å²) in [6.07, 6.45) is -1.22. The fourth-order valence-electron chi connectivity index (χ4n) is 3.78. The van der Waals surface area contributed by atoms with Gasteiger partial charge in [-0.1, -0.05) is 12.1 Å². The highest BCUT2D eigenvalue weighted by Crippen LogP contribution is 2.28. The summed E-state index contributed by atoms with van der Waals surface area (Å²) in [6.45, 7) is 0.623. The van der Waals surface area contributed by atoms with Crippen molar-refractivity contribution in [2.45, 2.75) is 25.2 Å². The molecule has 2 N–H and O–H groups in total. The minimum Gasteiger partial charge on any atom is -0.358 e. The van der Waals surface area contributed by atoms with Crippen molar-refractivity contribution >= 4 is 17.6 Å². The summed E-state index contributed by atoms with van der Waals surface area (Å²) in [5, 5.41) is 2.58. The van der Waals surface area contributed by atoms with E-state index in [0.29, 0.717) is 35.3 Å². The number of likely N-dealkylation sites (N-methyl/N-ethyl adjacent to an activating group) is 1. The molecule has 32 heavy (non-hydrogen) atoms. The topological polar surface area (TPSA) is 78.1 Å². The summed E-state index contributed by atoms with van der Waals surface area (Å²) < 4.78 is 39.4. The van der Waals surface area contributed by atoms with E-state index in [-0.39, 0.29) is 11.7 Å². The number of halogens is 3. The molecule has 1 aliphatic heterocycles. The second kappa shape index (κ2) is 8.86. The Balaban J connectivity index is 1.57. The van der Waals surface area contributed by atoms with Gasteiger partial charge in [-0.2, -0.15) is 0 Å². The molecule has 0 bridgehead atoms. The van der Waals surface area contributed by atoms with Crippen LogP contribution in [0.4, 0.5) is 19.0 Å². The van der Waals surface area contributed by atoms with E-state index < -0.39 is 30.5 Å². The Kier molecular flexibility index (Phi) is 5.98. The number of carbonyl (C=O) groups excluding carboxylic acids is 2. The van der Waals surface area contributed by atoms with Crippen LogP contribution in [0.3, 0.4) is 0 Å². The molecular formula is C23H21F3N4O2. The highest BCUT2D eigenvalue weighted by molar-refractivity contribution is 5.98. The van der Waals surface area contributed by atoms with Crippen LogP contribution in [0.5, 0.6) is 0 Å². The molecular weight excluding hydrogens is 421 g/mol. The van der Waals surface area contributed by atoms with E-state index in [4.69, 9.17) is 0 Å². The average molecular weight is 442 g/mol. The van der Waals surface area contributed by atoms with Crippen LogP contribution in [0, 0.1) is 5.82 Å². The van der Waals surface area contributed by atoms with Crippen molar-refractivity contribution in [3.8, 4) is 11.3 Å². The van der Waals surface area contributed by atoms with Gasteiger partial charge in [-0.3, -0.25) is 9.59 Å². The Morgan fingerprint density at radius 2 is 1.97 bits per heavy atom. The minimum absolute atomic E-state index is 0.0644. The van der Waals surface area contributed by atoms with Crippen LogP contribution < -0.4 is 5.32 Å². The number of aromatic nitrogens is 2. The lowest BCUT2D eigenvalue weighted by Crippen LogP contribution is -2.33. The molecule has 3 heterocycles. The summed E-state index contributed by atoms with van der Waals surface area (Å²) in [5.74, 6) is -2.22. The van der Waals surface area contributed by atoms with Gasteiger partial charge in [0.15, 0.2) is 0 Å². The Labute approximate surface area is 182 Å². The van der Waals surface area contributed by atoms with Crippen LogP contribution in [0.1, 0.15) is 34.0 Å². The summed E-state index contributed by atoms with van der Waals surface area (Å²) >= 11 is 0. The molecule has 1 unspecified atom stereocenters. The van der Waals surface area contributed by atoms with E-state index in [1.165, 1.54) is 18.3 Å². The fourth-order valence-corrected chi connectivity index (χ4v) is 3.78. The number of H-pyrrole nitrogens is 1. The Hall–Kier alpha value is -3.62. The van der Waals surface area contributed by atoms with Gasteiger partial charge in [0.2, 0.25) is 12.3 Å². The molecule has 9 heteroatoms. The van der Waals surface area contributed by atoms with Crippen molar-refractivity contribution in [3.63, 3.8) is 0 Å². The maximum atomic E-state index is 13.2. The van der Waals surface area contributed by atoms with Gasteiger partial charge in [0.25, 0.3) is 5.91 Å². The smallest absolute Gasteiger partial charge is 0.255 e. The third-order valence-corrected chi connectivity index (χ3v) is 5.50. The lowest BCUT2D eigenvalue weighted by molar-refractivity contribution is -0.118. The first-order valence-corrected chi connectivity index (χ1v) is 10.1. The van der Waals surface area contributed by atoms with Crippen molar-refractivity contribution in [2.75, 3.05) is 18.9 Å². The normalized spacial score (nSPS) is 14.4. The number of nitrogens with one attached hydrogen (secondary N) is 2. The molecule has 1 aliphatic rings. The van der Waals surface area contributed by atoms with Crippen LogP contribution in [0.15, 0.2) is 48.7 Å². The van der Waals surface area contributed by atoms with Gasteiger partial charge in [-0.25, -0.2) is 18.2 Å². The summed E-state index contributed by atoms with van der Waals surface area (Å²) in [6, 6.07) is 9.99. The number of fused-ring (bicyclic) bond motifs is 1. The van der Waals surface area contributed by atoms with Gasteiger partial charge >= 0.3 is 0 Å². The molecule has 4 rings (SSSR count). The number of aromatic amines is 1. The van der Waals surface area contributed by atoms with Crippen LogP contribution in [0.25, 0.3) is 11.3 Å². The highest BCUT2D eigenvalue weighted by Gasteiger charge is 2.26. The van der Waals surface area contributed by atoms with Crippen LogP contribution in [-0.2, 0) is 11.2 Å². The third-order valence-electron chi connectivity index (χ3n) is 5.50. The van der Waals surface area contributed by atoms with Gasteiger partial charge < -0.3 is 15.2 Å². The van der Waals surface area contributed by atoms with Gasteiger partial charge in [0.1, 0.15) is 11.6 Å². The first-order valence-electron chi connectivity index (χ1n) is 10.1. The lowest BCUT2D eigenvalue weighted by Gasteiger charge is -2.21. The van der Waals surface area contributed by atoms with E-state index in [0.717, 1.165) is 17.8 Å². The maximum absolute atomic E-state index is 13.2. The number of pyridine rings is 1. The number of anilines is 1. The lowest BCUT2D eigenvalue weighted by atomic mass is 9.95. The predicted octanol–water partition coefficient (Wildman–Crippen LogP) is 4.22. The molecule has 0 fully saturated rings. The third kappa shape index (κ3) is 4.51. The molecule has 0 spiro atoms. The van der Waals surface area contributed by atoms with E-state index in [1.54, 1.807) is 30.1 Å². The van der Waals surface area contributed by atoms with Crippen molar-refractivity contribution in [3.05, 3.63) is 71.3 Å². The molecule has 0 saturated heterocycles. The maximum Gasteiger partial charge on any atom is 0.255 e.